The number of carbonyl (C=O) groups is 3. The lowest BCUT2D eigenvalue weighted by Gasteiger charge is -2.27. The summed E-state index contributed by atoms with van der Waals surface area (Å²) in [6.45, 7) is -0.269. The van der Waals surface area contributed by atoms with Gasteiger partial charge < -0.3 is 5.32 Å². The van der Waals surface area contributed by atoms with Crippen LogP contribution in [0.2, 0.25) is 0 Å². The number of rotatable bonds is 6. The van der Waals surface area contributed by atoms with E-state index in [1.54, 1.807) is 22.7 Å². The molecular formula is C22H22N4O3S2. The second-order valence-corrected chi connectivity index (χ2v) is 10.7. The molecule has 7 nitrogen and oxygen atoms in total. The number of thiophene rings is 2. The van der Waals surface area contributed by atoms with E-state index in [9.17, 15) is 14.4 Å². The van der Waals surface area contributed by atoms with E-state index in [0.717, 1.165) is 46.0 Å². The summed E-state index contributed by atoms with van der Waals surface area (Å²) < 4.78 is 0. The second kappa shape index (κ2) is 7.00. The molecule has 0 radical (unpaired) electrons. The third kappa shape index (κ3) is 3.05. The fraction of sp³-hybridized carbons (Fsp3) is 0.455. The number of urea groups is 1. The van der Waals surface area contributed by atoms with Crippen LogP contribution in [0.5, 0.6) is 0 Å². The van der Waals surface area contributed by atoms with Gasteiger partial charge in [-0.1, -0.05) is 12.1 Å². The highest BCUT2D eigenvalue weighted by Crippen LogP contribution is 2.54. The third-order valence-corrected chi connectivity index (χ3v) is 8.63. The normalized spacial score (nSPS) is 25.2. The van der Waals surface area contributed by atoms with E-state index in [1.807, 2.05) is 35.0 Å². The number of amides is 4. The number of hydrazone groups is 1. The summed E-state index contributed by atoms with van der Waals surface area (Å²) in [4.78, 5) is 42.7. The van der Waals surface area contributed by atoms with Gasteiger partial charge in [-0.05, 0) is 60.4 Å². The van der Waals surface area contributed by atoms with Gasteiger partial charge in [-0.2, -0.15) is 5.10 Å². The van der Waals surface area contributed by atoms with E-state index < -0.39 is 11.6 Å². The Morgan fingerprint density at radius 2 is 1.81 bits per heavy atom. The van der Waals surface area contributed by atoms with E-state index in [4.69, 9.17) is 0 Å². The lowest BCUT2D eigenvalue weighted by molar-refractivity contribution is -0.140. The van der Waals surface area contributed by atoms with Gasteiger partial charge in [0.2, 0.25) is 0 Å². The number of hydrogen-bond donors (Lipinski definition) is 1. The van der Waals surface area contributed by atoms with E-state index in [1.165, 1.54) is 5.01 Å². The average Bonchev–Trinajstić information content (AvgIpc) is 3.57. The van der Waals surface area contributed by atoms with Gasteiger partial charge in [-0.15, -0.1) is 22.7 Å². The highest BCUT2D eigenvalue weighted by Gasteiger charge is 2.65. The predicted molar refractivity (Wildman–Crippen MR) is 118 cm³/mol. The number of imide groups is 1. The molecule has 2 aromatic heterocycles. The van der Waals surface area contributed by atoms with Crippen molar-refractivity contribution in [2.24, 2.45) is 16.9 Å². The Bertz CT molecular complexity index is 1060. The van der Waals surface area contributed by atoms with Crippen LogP contribution in [0.4, 0.5) is 4.79 Å². The fourth-order valence-corrected chi connectivity index (χ4v) is 6.50. The summed E-state index contributed by atoms with van der Waals surface area (Å²) in [6.07, 6.45) is 4.48. The minimum atomic E-state index is -0.777. The molecule has 0 aromatic carbocycles. The molecule has 3 fully saturated rings. The summed E-state index contributed by atoms with van der Waals surface area (Å²) in [6, 6.07) is 7.29. The molecule has 2 aliphatic heterocycles. The van der Waals surface area contributed by atoms with Crippen molar-refractivity contribution < 1.29 is 14.4 Å². The van der Waals surface area contributed by atoms with Gasteiger partial charge in [0.1, 0.15) is 12.1 Å². The van der Waals surface area contributed by atoms with Crippen LogP contribution in [0.1, 0.15) is 47.9 Å². The Labute approximate surface area is 187 Å². The lowest BCUT2D eigenvalue weighted by atomic mass is 9.87. The van der Waals surface area contributed by atoms with Crippen molar-refractivity contribution in [3.05, 3.63) is 44.8 Å². The van der Waals surface area contributed by atoms with Crippen molar-refractivity contribution in [1.82, 2.24) is 15.2 Å². The first-order chi connectivity index (χ1) is 15.1. The SMILES string of the molecule is O=C1NC(C2CC2)(C2CC2)C(=O)N1CC(=O)N1N=C(c2cccs2)CC1c1cccs1. The Kier molecular flexibility index (Phi) is 4.33. The molecule has 0 bridgehead atoms. The van der Waals surface area contributed by atoms with E-state index in [-0.39, 0.29) is 36.2 Å². The zero-order valence-corrected chi connectivity index (χ0v) is 18.5. The maximum Gasteiger partial charge on any atom is 0.325 e. The molecular weight excluding hydrogens is 432 g/mol. The zero-order valence-electron chi connectivity index (χ0n) is 16.8. The van der Waals surface area contributed by atoms with Gasteiger partial charge in [-0.3, -0.25) is 14.5 Å². The standard InChI is InChI=1S/C22H22N4O3S2/c27-19(12-25-20(28)22(13-5-6-13,14-7-8-14)23-21(25)29)26-16(18-4-2-10-31-18)11-15(24-26)17-3-1-9-30-17/h1-4,9-10,13-14,16H,5-8,11-12H2,(H,23,29). The Morgan fingerprint density at radius 3 is 2.42 bits per heavy atom. The monoisotopic (exact) mass is 454 g/mol. The summed E-state index contributed by atoms with van der Waals surface area (Å²) in [7, 11) is 0. The van der Waals surface area contributed by atoms with Gasteiger partial charge in [0, 0.05) is 11.3 Å². The molecule has 4 heterocycles. The highest BCUT2D eigenvalue weighted by molar-refractivity contribution is 7.12. The molecule has 1 atom stereocenters. The minimum absolute atomic E-state index is 0.206. The molecule has 1 saturated heterocycles. The average molecular weight is 455 g/mol. The van der Waals surface area contributed by atoms with Gasteiger partial charge in [0.25, 0.3) is 11.8 Å². The smallest absolute Gasteiger partial charge is 0.323 e. The Balaban J connectivity index is 1.26. The first-order valence-electron chi connectivity index (χ1n) is 10.7. The van der Waals surface area contributed by atoms with Gasteiger partial charge in [0.05, 0.1) is 16.6 Å². The van der Waals surface area contributed by atoms with Crippen LogP contribution in [0.15, 0.2) is 40.1 Å². The van der Waals surface area contributed by atoms with Gasteiger partial charge in [-0.25, -0.2) is 9.80 Å². The lowest BCUT2D eigenvalue weighted by Crippen LogP contribution is -2.51. The summed E-state index contributed by atoms with van der Waals surface area (Å²) >= 11 is 3.18. The van der Waals surface area contributed by atoms with Crippen LogP contribution < -0.4 is 5.32 Å². The highest BCUT2D eigenvalue weighted by atomic mass is 32.1. The maximum atomic E-state index is 13.4. The quantitative estimate of drug-likeness (QED) is 0.677. The molecule has 2 aliphatic carbocycles. The number of carbonyl (C=O) groups excluding carboxylic acids is 3. The molecule has 4 amide bonds. The van der Waals surface area contributed by atoms with Crippen molar-refractivity contribution in [3.8, 4) is 0 Å². The molecule has 2 aromatic rings. The van der Waals surface area contributed by atoms with E-state index in [0.29, 0.717) is 6.42 Å². The summed E-state index contributed by atoms with van der Waals surface area (Å²) in [5.74, 6) is -0.114. The van der Waals surface area contributed by atoms with E-state index >= 15 is 0 Å². The van der Waals surface area contributed by atoms with E-state index in [2.05, 4.69) is 10.4 Å². The molecule has 9 heteroatoms. The summed E-state index contributed by atoms with van der Waals surface area (Å²) in [5, 5.41) is 13.1. The molecule has 0 spiro atoms. The van der Waals surface area contributed by atoms with Gasteiger partial charge >= 0.3 is 6.03 Å². The topological polar surface area (TPSA) is 82.1 Å². The van der Waals surface area contributed by atoms with Gasteiger partial charge in [0.15, 0.2) is 0 Å². The van der Waals surface area contributed by atoms with Crippen LogP contribution in [-0.4, -0.2) is 45.5 Å². The van der Waals surface area contributed by atoms with Crippen molar-refractivity contribution >= 4 is 46.2 Å². The number of nitrogens with zero attached hydrogens (tertiary/aromatic N) is 3. The number of nitrogens with one attached hydrogen (secondary N) is 1. The third-order valence-electron chi connectivity index (χ3n) is 6.74. The first-order valence-corrected chi connectivity index (χ1v) is 12.4. The van der Waals surface area contributed by atoms with Crippen molar-refractivity contribution in [2.75, 3.05) is 6.54 Å². The number of hydrogen-bond acceptors (Lipinski definition) is 6. The molecule has 1 unspecified atom stereocenters. The molecule has 31 heavy (non-hydrogen) atoms. The van der Waals surface area contributed by atoms with Crippen LogP contribution in [0.25, 0.3) is 0 Å². The molecule has 160 valence electrons. The Hall–Kier alpha value is -2.52. The minimum Gasteiger partial charge on any atom is -0.323 e. The van der Waals surface area contributed by atoms with Crippen LogP contribution in [0.3, 0.4) is 0 Å². The van der Waals surface area contributed by atoms with Crippen molar-refractivity contribution in [1.29, 1.82) is 0 Å². The zero-order chi connectivity index (χ0) is 21.2. The molecule has 6 rings (SSSR count). The fourth-order valence-electron chi connectivity index (χ4n) is 4.96. The summed E-state index contributed by atoms with van der Waals surface area (Å²) in [5.41, 5.74) is 0.0882. The largest absolute Gasteiger partial charge is 0.325 e. The van der Waals surface area contributed by atoms with Crippen LogP contribution in [0, 0.1) is 11.8 Å². The molecule has 1 N–H and O–H groups in total. The first kappa shape index (κ1) is 19.2. The van der Waals surface area contributed by atoms with Crippen LogP contribution in [-0.2, 0) is 9.59 Å². The predicted octanol–water partition coefficient (Wildman–Crippen LogP) is 3.60. The van der Waals surface area contributed by atoms with Crippen LogP contribution >= 0.6 is 22.7 Å². The molecule has 2 saturated carbocycles. The van der Waals surface area contributed by atoms with Crippen molar-refractivity contribution in [3.63, 3.8) is 0 Å². The second-order valence-electron chi connectivity index (χ2n) is 8.74. The molecule has 4 aliphatic rings. The van der Waals surface area contributed by atoms with Crippen molar-refractivity contribution in [2.45, 2.75) is 43.7 Å². The Morgan fingerprint density at radius 1 is 1.10 bits per heavy atom. The maximum absolute atomic E-state index is 13.4.